The molecule has 7 nitrogen and oxygen atoms in total. The van der Waals surface area contributed by atoms with E-state index in [1.165, 1.54) is 17.6 Å². The maximum absolute atomic E-state index is 12.6. The normalized spacial score (nSPS) is 12.5. The molecule has 3 aromatic rings. The first kappa shape index (κ1) is 19.4. The van der Waals surface area contributed by atoms with Gasteiger partial charge in [-0.2, -0.15) is 0 Å². The van der Waals surface area contributed by atoms with Gasteiger partial charge in [-0.15, -0.1) is 11.3 Å². The zero-order chi connectivity index (χ0) is 20.4. The van der Waals surface area contributed by atoms with E-state index < -0.39 is 0 Å². The van der Waals surface area contributed by atoms with E-state index in [2.05, 4.69) is 10.6 Å². The number of carbonyl (C=O) groups is 2. The third-order valence-electron chi connectivity index (χ3n) is 4.22. The Balaban J connectivity index is 1.42. The molecule has 1 aliphatic rings. The Morgan fingerprint density at radius 1 is 1.17 bits per heavy atom. The van der Waals surface area contributed by atoms with Gasteiger partial charge in [0.05, 0.1) is 21.2 Å². The number of hydrogen-bond acceptors (Lipinski definition) is 6. The van der Waals surface area contributed by atoms with Gasteiger partial charge in [-0.1, -0.05) is 11.6 Å². The molecule has 29 heavy (non-hydrogen) atoms. The highest BCUT2D eigenvalue weighted by Crippen LogP contribution is 2.38. The Kier molecular flexibility index (Phi) is 5.46. The fourth-order valence-corrected chi connectivity index (χ4v) is 4.15. The van der Waals surface area contributed by atoms with Gasteiger partial charge in [0, 0.05) is 6.54 Å². The number of hydrogen-bond donors (Lipinski definition) is 2. The first-order valence-corrected chi connectivity index (χ1v) is 10.0. The maximum atomic E-state index is 12.6. The molecule has 3 heterocycles. The second-order valence-corrected chi connectivity index (χ2v) is 7.80. The van der Waals surface area contributed by atoms with E-state index in [0.717, 1.165) is 11.1 Å². The topological polar surface area (TPSA) is 89.8 Å². The predicted octanol–water partition coefficient (Wildman–Crippen LogP) is 4.26. The summed E-state index contributed by atoms with van der Waals surface area (Å²) < 4.78 is 16.1. The van der Waals surface area contributed by atoms with E-state index in [4.69, 9.17) is 25.5 Å². The highest BCUT2D eigenvalue weighted by Gasteiger charge is 2.19. The summed E-state index contributed by atoms with van der Waals surface area (Å²) in [5, 5.41) is 6.62. The molecule has 1 aromatic carbocycles. The molecule has 0 radical (unpaired) electrons. The van der Waals surface area contributed by atoms with Crippen LogP contribution < -0.4 is 20.1 Å². The van der Waals surface area contributed by atoms with Crippen molar-refractivity contribution in [3.05, 3.63) is 63.4 Å². The lowest BCUT2D eigenvalue weighted by Crippen LogP contribution is -2.23. The Labute approximate surface area is 175 Å². The van der Waals surface area contributed by atoms with Crippen LogP contribution >= 0.6 is 22.9 Å². The van der Waals surface area contributed by atoms with Crippen LogP contribution in [0, 0.1) is 6.92 Å². The zero-order valence-corrected chi connectivity index (χ0v) is 17.0. The zero-order valence-electron chi connectivity index (χ0n) is 15.4. The molecule has 0 aliphatic carbocycles. The first-order chi connectivity index (χ1) is 14.0. The number of fused-ring (bicyclic) bond motifs is 1. The van der Waals surface area contributed by atoms with Crippen molar-refractivity contribution in [2.45, 2.75) is 13.5 Å². The van der Waals surface area contributed by atoms with Gasteiger partial charge in [-0.05, 0) is 48.4 Å². The van der Waals surface area contributed by atoms with Crippen LogP contribution in [0.5, 0.6) is 11.5 Å². The molecule has 150 valence electrons. The van der Waals surface area contributed by atoms with Crippen LogP contribution in [0.4, 0.5) is 5.00 Å². The minimum atomic E-state index is -0.367. The average molecular weight is 433 g/mol. The van der Waals surface area contributed by atoms with Crippen molar-refractivity contribution in [1.82, 2.24) is 5.32 Å². The summed E-state index contributed by atoms with van der Waals surface area (Å²) in [6.07, 6.45) is 1.43. The summed E-state index contributed by atoms with van der Waals surface area (Å²) in [7, 11) is 0. The highest BCUT2D eigenvalue weighted by atomic mass is 35.5. The lowest BCUT2D eigenvalue weighted by atomic mass is 10.2. The quantitative estimate of drug-likeness (QED) is 0.628. The summed E-state index contributed by atoms with van der Waals surface area (Å²) in [4.78, 5) is 25.2. The highest BCUT2D eigenvalue weighted by molar-refractivity contribution is 7.18. The van der Waals surface area contributed by atoms with Crippen LogP contribution in [0.15, 0.2) is 41.0 Å². The van der Waals surface area contributed by atoms with Crippen LogP contribution in [-0.4, -0.2) is 25.0 Å². The molecular formula is C20H17ClN2O5S. The molecule has 0 saturated heterocycles. The number of aryl methyl sites for hydroxylation is 1. The number of halogens is 1. The van der Waals surface area contributed by atoms with Gasteiger partial charge in [0.15, 0.2) is 17.3 Å². The molecule has 2 amide bonds. The second-order valence-electron chi connectivity index (χ2n) is 6.34. The number of ether oxygens (including phenoxy) is 2. The third-order valence-corrected chi connectivity index (χ3v) is 5.65. The van der Waals surface area contributed by atoms with Gasteiger partial charge in [0.1, 0.15) is 13.2 Å². The van der Waals surface area contributed by atoms with E-state index in [9.17, 15) is 9.59 Å². The molecule has 9 heteroatoms. The van der Waals surface area contributed by atoms with Gasteiger partial charge in [0.25, 0.3) is 11.8 Å². The lowest BCUT2D eigenvalue weighted by Gasteiger charge is -2.20. The van der Waals surface area contributed by atoms with Crippen molar-refractivity contribution in [2.75, 3.05) is 18.5 Å². The minimum absolute atomic E-state index is 0.206. The SMILES string of the molecule is Cc1cc(NC(=O)c2ccco2)sc1C(=O)NCc1cc(Cl)c2c(c1)OCCO2. The van der Waals surface area contributed by atoms with Gasteiger partial charge in [-0.3, -0.25) is 9.59 Å². The number of rotatable bonds is 5. The van der Waals surface area contributed by atoms with Crippen molar-refractivity contribution in [3.8, 4) is 11.5 Å². The smallest absolute Gasteiger partial charge is 0.291 e. The lowest BCUT2D eigenvalue weighted by molar-refractivity contribution is 0.0953. The van der Waals surface area contributed by atoms with Crippen molar-refractivity contribution in [3.63, 3.8) is 0 Å². The summed E-state index contributed by atoms with van der Waals surface area (Å²) in [5.74, 6) is 0.700. The van der Waals surface area contributed by atoms with Crippen molar-refractivity contribution < 1.29 is 23.5 Å². The summed E-state index contributed by atoms with van der Waals surface area (Å²) in [6, 6.07) is 8.50. The summed E-state index contributed by atoms with van der Waals surface area (Å²) >= 11 is 7.43. The maximum Gasteiger partial charge on any atom is 0.291 e. The average Bonchev–Trinajstić information content (AvgIpc) is 3.36. The molecular weight excluding hydrogens is 416 g/mol. The monoisotopic (exact) mass is 432 g/mol. The van der Waals surface area contributed by atoms with E-state index >= 15 is 0 Å². The van der Waals surface area contributed by atoms with Crippen molar-refractivity contribution in [1.29, 1.82) is 0 Å². The van der Waals surface area contributed by atoms with Gasteiger partial charge >= 0.3 is 0 Å². The van der Waals surface area contributed by atoms with Gasteiger partial charge in [-0.25, -0.2) is 0 Å². The number of carbonyl (C=O) groups excluding carboxylic acids is 2. The number of benzene rings is 1. The molecule has 2 N–H and O–H groups in total. The van der Waals surface area contributed by atoms with Gasteiger partial charge in [0.2, 0.25) is 0 Å². The standard InChI is InChI=1S/C20H17ClN2O5S/c1-11-7-16(23-19(24)14-3-2-4-26-14)29-18(11)20(25)22-10-12-8-13(21)17-15(9-12)27-5-6-28-17/h2-4,7-9H,5-6,10H2,1H3,(H,22,25)(H,23,24). The first-order valence-electron chi connectivity index (χ1n) is 8.83. The van der Waals surface area contributed by atoms with E-state index in [1.807, 2.05) is 6.92 Å². The van der Waals surface area contributed by atoms with Crippen LogP contribution in [0.25, 0.3) is 0 Å². The predicted molar refractivity (Wildman–Crippen MR) is 109 cm³/mol. The Morgan fingerprint density at radius 2 is 2.00 bits per heavy atom. The Bertz CT molecular complexity index is 1060. The largest absolute Gasteiger partial charge is 0.486 e. The van der Waals surface area contributed by atoms with Gasteiger partial charge < -0.3 is 24.5 Å². The third kappa shape index (κ3) is 4.23. The molecule has 0 fully saturated rings. The molecule has 2 aromatic heterocycles. The molecule has 0 spiro atoms. The van der Waals surface area contributed by atoms with Crippen molar-refractivity contribution >= 4 is 39.8 Å². The number of amides is 2. The molecule has 4 rings (SSSR count). The molecule has 0 atom stereocenters. The molecule has 0 saturated carbocycles. The fraction of sp³-hybridized carbons (Fsp3) is 0.200. The fourth-order valence-electron chi connectivity index (χ4n) is 2.88. The number of furan rings is 1. The minimum Gasteiger partial charge on any atom is -0.486 e. The Morgan fingerprint density at radius 3 is 2.79 bits per heavy atom. The van der Waals surface area contributed by atoms with E-state index in [1.54, 1.807) is 30.3 Å². The number of nitrogens with one attached hydrogen (secondary N) is 2. The van der Waals surface area contributed by atoms with Crippen LogP contribution in [0.1, 0.15) is 31.4 Å². The second kappa shape index (κ2) is 8.18. The number of thiophene rings is 1. The number of anilines is 1. The van der Waals surface area contributed by atoms with E-state index in [-0.39, 0.29) is 24.1 Å². The van der Waals surface area contributed by atoms with Crippen LogP contribution in [0.2, 0.25) is 5.02 Å². The van der Waals surface area contributed by atoms with Crippen LogP contribution in [0.3, 0.4) is 0 Å². The van der Waals surface area contributed by atoms with E-state index in [0.29, 0.717) is 39.6 Å². The molecule has 0 bridgehead atoms. The Hall–Kier alpha value is -2.97. The summed E-state index contributed by atoms with van der Waals surface area (Å²) in [5.41, 5.74) is 1.57. The van der Waals surface area contributed by atoms with Crippen LogP contribution in [-0.2, 0) is 6.54 Å². The van der Waals surface area contributed by atoms with Crippen molar-refractivity contribution in [2.24, 2.45) is 0 Å². The summed E-state index contributed by atoms with van der Waals surface area (Å²) in [6.45, 7) is 3.01. The molecule has 0 unspecified atom stereocenters. The molecule has 1 aliphatic heterocycles.